The smallest absolute Gasteiger partial charge is 0.339 e. The van der Waals surface area contributed by atoms with Crippen LogP contribution < -0.4 is 4.90 Å². The molecule has 8 heteroatoms. The fourth-order valence-electron chi connectivity index (χ4n) is 3.72. The first kappa shape index (κ1) is 22.9. The van der Waals surface area contributed by atoms with Gasteiger partial charge in [0.05, 0.1) is 12.2 Å². The SMILES string of the molecule is CCOC(=O)c1ccc(N2CCN(C(=O)c3csc(-c4ccc(C(C)C)cc4)n3)CC2)nc1. The molecule has 172 valence electrons. The molecule has 0 unspecified atom stereocenters. The predicted molar refractivity (Wildman–Crippen MR) is 130 cm³/mol. The average molecular weight is 465 g/mol. The van der Waals surface area contributed by atoms with Crippen LogP contribution in [0.25, 0.3) is 10.6 Å². The summed E-state index contributed by atoms with van der Waals surface area (Å²) in [6.07, 6.45) is 1.54. The highest BCUT2D eigenvalue weighted by Crippen LogP contribution is 2.26. The van der Waals surface area contributed by atoms with Gasteiger partial charge in [0.25, 0.3) is 5.91 Å². The van der Waals surface area contributed by atoms with Gasteiger partial charge >= 0.3 is 5.97 Å². The third-order valence-electron chi connectivity index (χ3n) is 5.70. The summed E-state index contributed by atoms with van der Waals surface area (Å²) in [7, 11) is 0. The summed E-state index contributed by atoms with van der Waals surface area (Å²) < 4.78 is 5.00. The van der Waals surface area contributed by atoms with Gasteiger partial charge < -0.3 is 14.5 Å². The number of amides is 1. The third-order valence-corrected chi connectivity index (χ3v) is 6.59. The molecule has 0 N–H and O–H groups in total. The van der Waals surface area contributed by atoms with Crippen molar-refractivity contribution < 1.29 is 14.3 Å². The molecule has 0 bridgehead atoms. The first-order valence-corrected chi connectivity index (χ1v) is 12.1. The highest BCUT2D eigenvalue weighted by atomic mass is 32.1. The molecule has 0 saturated carbocycles. The number of esters is 1. The molecule has 3 heterocycles. The van der Waals surface area contributed by atoms with Gasteiger partial charge in [0, 0.05) is 43.3 Å². The van der Waals surface area contributed by atoms with E-state index in [2.05, 4.69) is 53.0 Å². The maximum Gasteiger partial charge on any atom is 0.339 e. The number of anilines is 1. The number of pyridine rings is 1. The number of hydrogen-bond donors (Lipinski definition) is 0. The number of ether oxygens (including phenoxy) is 1. The van der Waals surface area contributed by atoms with Gasteiger partial charge in [-0.05, 0) is 30.5 Å². The van der Waals surface area contributed by atoms with Crippen LogP contribution in [0.15, 0.2) is 48.0 Å². The van der Waals surface area contributed by atoms with Crippen LogP contribution in [0, 0.1) is 0 Å². The summed E-state index contributed by atoms with van der Waals surface area (Å²) in [5, 5.41) is 2.70. The topological polar surface area (TPSA) is 75.6 Å². The van der Waals surface area contributed by atoms with Crippen molar-refractivity contribution in [2.45, 2.75) is 26.7 Å². The number of carbonyl (C=O) groups excluding carboxylic acids is 2. The first-order chi connectivity index (χ1) is 16.0. The van der Waals surface area contributed by atoms with Crippen LogP contribution in [0.3, 0.4) is 0 Å². The normalized spacial score (nSPS) is 13.9. The van der Waals surface area contributed by atoms with Crippen molar-refractivity contribution in [3.8, 4) is 10.6 Å². The van der Waals surface area contributed by atoms with E-state index < -0.39 is 0 Å². The van der Waals surface area contributed by atoms with Crippen molar-refractivity contribution >= 4 is 29.0 Å². The second-order valence-corrected chi connectivity index (χ2v) is 9.08. The Morgan fingerprint density at radius 1 is 1.06 bits per heavy atom. The van der Waals surface area contributed by atoms with Gasteiger partial charge in [0.2, 0.25) is 0 Å². The molecule has 0 atom stereocenters. The molecule has 2 aromatic heterocycles. The van der Waals surface area contributed by atoms with Gasteiger partial charge in [-0.25, -0.2) is 14.8 Å². The van der Waals surface area contributed by atoms with Crippen LogP contribution in [-0.2, 0) is 4.74 Å². The van der Waals surface area contributed by atoms with Crippen LogP contribution in [-0.4, -0.2) is 59.5 Å². The molecule has 1 saturated heterocycles. The lowest BCUT2D eigenvalue weighted by atomic mass is 10.0. The number of piperazine rings is 1. The van der Waals surface area contributed by atoms with Crippen LogP contribution >= 0.6 is 11.3 Å². The third kappa shape index (κ3) is 5.22. The minimum absolute atomic E-state index is 0.0402. The maximum atomic E-state index is 13.0. The molecule has 1 aromatic carbocycles. The van der Waals surface area contributed by atoms with Crippen molar-refractivity contribution in [3.05, 3.63) is 64.8 Å². The Hall–Kier alpha value is -3.26. The minimum atomic E-state index is -0.370. The number of aromatic nitrogens is 2. The van der Waals surface area contributed by atoms with Gasteiger partial charge in [-0.2, -0.15) is 0 Å². The maximum absolute atomic E-state index is 13.0. The van der Waals surface area contributed by atoms with Crippen molar-refractivity contribution in [2.75, 3.05) is 37.7 Å². The van der Waals surface area contributed by atoms with E-state index >= 15 is 0 Å². The fourth-order valence-corrected chi connectivity index (χ4v) is 4.52. The molecule has 0 aliphatic carbocycles. The van der Waals surface area contributed by atoms with Crippen LogP contribution in [0.4, 0.5) is 5.82 Å². The molecule has 1 amide bonds. The number of thiazole rings is 1. The van der Waals surface area contributed by atoms with Gasteiger partial charge in [-0.1, -0.05) is 38.1 Å². The van der Waals surface area contributed by atoms with Gasteiger partial charge in [0.15, 0.2) is 0 Å². The summed E-state index contributed by atoms with van der Waals surface area (Å²) in [6.45, 7) is 8.98. The fraction of sp³-hybridized carbons (Fsp3) is 0.360. The van der Waals surface area contributed by atoms with Crippen LogP contribution in [0.2, 0.25) is 0 Å². The Morgan fingerprint density at radius 2 is 1.79 bits per heavy atom. The van der Waals surface area contributed by atoms with E-state index in [1.54, 1.807) is 13.0 Å². The molecule has 0 spiro atoms. The van der Waals surface area contributed by atoms with E-state index in [1.807, 2.05) is 16.3 Å². The largest absolute Gasteiger partial charge is 0.462 e. The lowest BCUT2D eigenvalue weighted by molar-refractivity contribution is 0.0525. The summed E-state index contributed by atoms with van der Waals surface area (Å²) in [5.41, 5.74) is 3.25. The van der Waals surface area contributed by atoms with Gasteiger partial charge in [0.1, 0.15) is 16.5 Å². The number of benzene rings is 1. The van der Waals surface area contributed by atoms with Crippen molar-refractivity contribution in [3.63, 3.8) is 0 Å². The number of hydrogen-bond acceptors (Lipinski definition) is 7. The monoisotopic (exact) mass is 464 g/mol. The quantitative estimate of drug-likeness (QED) is 0.501. The van der Waals surface area contributed by atoms with Gasteiger partial charge in [-0.3, -0.25) is 4.79 Å². The highest BCUT2D eigenvalue weighted by Gasteiger charge is 2.25. The predicted octanol–water partition coefficient (Wildman–Crippen LogP) is 4.47. The molecular weight excluding hydrogens is 436 g/mol. The zero-order chi connectivity index (χ0) is 23.4. The van der Waals surface area contributed by atoms with E-state index in [0.29, 0.717) is 50.0 Å². The van der Waals surface area contributed by atoms with E-state index in [4.69, 9.17) is 4.74 Å². The van der Waals surface area contributed by atoms with Crippen LogP contribution in [0.1, 0.15) is 53.1 Å². The molecular formula is C25H28N4O3S. The molecule has 4 rings (SSSR count). The van der Waals surface area contributed by atoms with Crippen molar-refractivity contribution in [2.24, 2.45) is 0 Å². The molecule has 33 heavy (non-hydrogen) atoms. The number of nitrogens with zero attached hydrogens (tertiary/aromatic N) is 4. The van der Waals surface area contributed by atoms with Crippen molar-refractivity contribution in [1.29, 1.82) is 0 Å². The summed E-state index contributed by atoms with van der Waals surface area (Å²) >= 11 is 1.50. The molecule has 0 radical (unpaired) electrons. The minimum Gasteiger partial charge on any atom is -0.462 e. The van der Waals surface area contributed by atoms with Crippen molar-refractivity contribution in [1.82, 2.24) is 14.9 Å². The van der Waals surface area contributed by atoms with E-state index in [9.17, 15) is 9.59 Å². The Kier molecular flexibility index (Phi) is 7.03. The Bertz CT molecular complexity index is 1100. The standard InChI is InChI=1S/C25H28N4O3S/c1-4-32-25(31)20-9-10-22(26-15-20)28-11-13-29(14-12-28)24(30)21-16-33-23(27-21)19-7-5-18(6-8-19)17(2)3/h5-10,15-17H,4,11-14H2,1-3H3. The lowest BCUT2D eigenvalue weighted by Crippen LogP contribution is -2.49. The van der Waals surface area contributed by atoms with E-state index in [0.717, 1.165) is 16.4 Å². The zero-order valence-electron chi connectivity index (χ0n) is 19.2. The highest BCUT2D eigenvalue weighted by molar-refractivity contribution is 7.13. The van der Waals surface area contributed by atoms with Crippen LogP contribution in [0.5, 0.6) is 0 Å². The van der Waals surface area contributed by atoms with E-state index in [1.165, 1.54) is 23.1 Å². The number of rotatable bonds is 6. The van der Waals surface area contributed by atoms with E-state index in [-0.39, 0.29) is 11.9 Å². The number of carbonyl (C=O) groups is 2. The lowest BCUT2D eigenvalue weighted by Gasteiger charge is -2.35. The van der Waals surface area contributed by atoms with Gasteiger partial charge in [-0.15, -0.1) is 11.3 Å². The molecule has 3 aromatic rings. The zero-order valence-corrected chi connectivity index (χ0v) is 20.0. The molecule has 1 aliphatic heterocycles. The molecule has 7 nitrogen and oxygen atoms in total. The second kappa shape index (κ2) is 10.1. The summed E-state index contributed by atoms with van der Waals surface area (Å²) in [6, 6.07) is 11.9. The first-order valence-electron chi connectivity index (χ1n) is 11.2. The summed E-state index contributed by atoms with van der Waals surface area (Å²) in [5.74, 6) is 0.861. The Labute approximate surface area is 198 Å². The second-order valence-electron chi connectivity index (χ2n) is 8.22. The average Bonchev–Trinajstić information content (AvgIpc) is 3.34. The molecule has 1 fully saturated rings. The Balaban J connectivity index is 1.35. The summed E-state index contributed by atoms with van der Waals surface area (Å²) in [4.78, 5) is 37.7. The Morgan fingerprint density at radius 3 is 2.39 bits per heavy atom. The molecule has 1 aliphatic rings.